The van der Waals surface area contributed by atoms with Gasteiger partial charge < -0.3 is 29.9 Å². The Balaban J connectivity index is 0.000000476. The third-order valence-electron chi connectivity index (χ3n) is 18.0. The highest BCUT2D eigenvalue weighted by molar-refractivity contribution is 5.70. The normalized spacial score (nSPS) is 21.6. The average molecular weight is 990 g/mol. The number of hydrogen-bond acceptors (Lipinski definition) is 6. The van der Waals surface area contributed by atoms with Gasteiger partial charge in [-0.15, -0.1) is 0 Å². The molecule has 416 valence electrons. The molecular formula is C62H124N4O4. The molecule has 8 nitrogen and oxygen atoms in total. The van der Waals surface area contributed by atoms with Crippen LogP contribution in [0, 0.1) is 54.1 Å². The molecule has 4 saturated heterocycles. The Bertz CT molecular complexity index is 1550. The van der Waals surface area contributed by atoms with Gasteiger partial charge in [0.1, 0.15) is 11.2 Å². The van der Waals surface area contributed by atoms with Gasteiger partial charge in [-0.05, 0) is 160 Å². The summed E-state index contributed by atoms with van der Waals surface area (Å²) >= 11 is 0. The fourth-order valence-corrected chi connectivity index (χ4v) is 14.7. The van der Waals surface area contributed by atoms with Crippen LogP contribution >= 0.6 is 0 Å². The predicted octanol–water partition coefficient (Wildman–Crippen LogP) is 17.4. The van der Waals surface area contributed by atoms with Crippen molar-refractivity contribution in [3.63, 3.8) is 0 Å². The molecule has 4 fully saturated rings. The van der Waals surface area contributed by atoms with E-state index in [1.165, 1.54) is 64.6 Å². The summed E-state index contributed by atoms with van der Waals surface area (Å²) in [5.41, 5.74) is 1.54. The summed E-state index contributed by atoms with van der Waals surface area (Å²) < 4.78 is 11.3. The molecule has 0 aromatic rings. The van der Waals surface area contributed by atoms with Crippen LogP contribution in [0.5, 0.6) is 0 Å². The number of likely N-dealkylation sites (tertiary alicyclic amines) is 2. The molecule has 2 N–H and O–H groups in total. The van der Waals surface area contributed by atoms with Crippen molar-refractivity contribution in [2.45, 2.75) is 294 Å². The van der Waals surface area contributed by atoms with Gasteiger partial charge >= 0.3 is 12.2 Å². The molecule has 0 saturated carbocycles. The molecule has 2 amide bonds. The molecule has 0 aliphatic carbocycles. The van der Waals surface area contributed by atoms with Gasteiger partial charge in [-0.2, -0.15) is 0 Å². The zero-order valence-corrected chi connectivity index (χ0v) is 52.8. The van der Waals surface area contributed by atoms with Crippen LogP contribution < -0.4 is 10.6 Å². The molecule has 4 aliphatic rings. The van der Waals surface area contributed by atoms with Crippen LogP contribution in [0.3, 0.4) is 0 Å². The smallest absolute Gasteiger partial charge is 0.410 e. The molecule has 0 unspecified atom stereocenters. The summed E-state index contributed by atoms with van der Waals surface area (Å²) in [6.45, 7) is 73.5. The van der Waals surface area contributed by atoms with Gasteiger partial charge in [0, 0.05) is 31.7 Å². The Morgan fingerprint density at radius 1 is 0.400 bits per heavy atom. The average Bonchev–Trinajstić information content (AvgIpc) is 3.66. The maximum absolute atomic E-state index is 12.7. The van der Waals surface area contributed by atoms with Crippen LogP contribution in [0.15, 0.2) is 0 Å². The maximum Gasteiger partial charge on any atom is 0.410 e. The van der Waals surface area contributed by atoms with Crippen LogP contribution in [-0.2, 0) is 9.47 Å². The van der Waals surface area contributed by atoms with Crippen LogP contribution in [0.4, 0.5) is 9.59 Å². The van der Waals surface area contributed by atoms with Crippen molar-refractivity contribution in [1.29, 1.82) is 0 Å². The van der Waals surface area contributed by atoms with Gasteiger partial charge in [0.25, 0.3) is 0 Å². The first kappa shape index (κ1) is 66.5. The zero-order chi connectivity index (χ0) is 55.5. The lowest BCUT2D eigenvalue weighted by atomic mass is 9.52. The number of hydrogen-bond donors (Lipinski definition) is 2. The Kier molecular flexibility index (Phi) is 21.6. The van der Waals surface area contributed by atoms with Crippen molar-refractivity contribution in [1.82, 2.24) is 20.4 Å². The first-order chi connectivity index (χ1) is 30.8. The molecule has 4 rings (SSSR count). The van der Waals surface area contributed by atoms with E-state index in [0.717, 1.165) is 38.9 Å². The highest BCUT2D eigenvalue weighted by Gasteiger charge is 2.59. The van der Waals surface area contributed by atoms with Crippen molar-refractivity contribution in [2.75, 3.05) is 39.3 Å². The Morgan fingerprint density at radius 3 is 1.17 bits per heavy atom. The molecule has 70 heavy (non-hydrogen) atoms. The van der Waals surface area contributed by atoms with E-state index >= 15 is 0 Å². The first-order valence-electron chi connectivity index (χ1n) is 28.3. The van der Waals surface area contributed by atoms with E-state index < -0.39 is 11.2 Å². The third-order valence-corrected chi connectivity index (χ3v) is 18.0. The fraction of sp³-hybridized carbons (Fsp3) is 0.968. The number of carbonyl (C=O) groups excluding carboxylic acids is 2. The number of nitrogens with one attached hydrogen (secondary N) is 2. The zero-order valence-electron chi connectivity index (χ0n) is 52.8. The summed E-state index contributed by atoms with van der Waals surface area (Å²) in [5, 5.41) is 7.40. The molecule has 0 radical (unpaired) electrons. The summed E-state index contributed by atoms with van der Waals surface area (Å²) in [4.78, 5) is 29.2. The second-order valence-corrected chi connectivity index (χ2v) is 32.7. The second-order valence-electron chi connectivity index (χ2n) is 32.7. The molecule has 4 heterocycles. The van der Waals surface area contributed by atoms with Gasteiger partial charge in [0.15, 0.2) is 0 Å². The van der Waals surface area contributed by atoms with Crippen molar-refractivity contribution in [3.8, 4) is 0 Å². The van der Waals surface area contributed by atoms with Gasteiger partial charge in [0.05, 0.1) is 5.54 Å². The largest absolute Gasteiger partial charge is 0.444 e. The van der Waals surface area contributed by atoms with Crippen molar-refractivity contribution < 1.29 is 19.1 Å². The number of ether oxygens (including phenoxy) is 2. The molecule has 0 aromatic carbocycles. The van der Waals surface area contributed by atoms with Crippen LogP contribution in [0.1, 0.15) is 272 Å². The molecule has 0 aromatic heterocycles. The van der Waals surface area contributed by atoms with E-state index in [4.69, 9.17) is 9.47 Å². The minimum absolute atomic E-state index is 0.0126. The summed E-state index contributed by atoms with van der Waals surface area (Å²) in [5.74, 6) is 0. The van der Waals surface area contributed by atoms with E-state index in [1.54, 1.807) is 0 Å². The van der Waals surface area contributed by atoms with Crippen molar-refractivity contribution in [2.24, 2.45) is 54.1 Å². The van der Waals surface area contributed by atoms with E-state index in [-0.39, 0.29) is 44.8 Å². The monoisotopic (exact) mass is 989 g/mol. The number of amides is 2. The summed E-state index contributed by atoms with van der Waals surface area (Å²) in [6.07, 6.45) is 11.9. The SMILES string of the molecule is CC(C)(C)C1(C(C)(C)C)CCCCNC1.CC(C)(C)C1(C(C)(C)C)CCCN1.CC(C)(C)OC(=O)N1CCCC1(C(C)(C)C)C(C)(C)C.CC(C)(C)OC(=O)N1CCCCC(C(C)(C)C)(C(C)(C)C)C1. The lowest BCUT2D eigenvalue weighted by Crippen LogP contribution is -2.63. The molecule has 8 heteroatoms. The van der Waals surface area contributed by atoms with Crippen LogP contribution in [0.2, 0.25) is 0 Å². The summed E-state index contributed by atoms with van der Waals surface area (Å²) in [6, 6.07) is 0. The minimum Gasteiger partial charge on any atom is -0.444 e. The van der Waals surface area contributed by atoms with Gasteiger partial charge in [0.2, 0.25) is 0 Å². The van der Waals surface area contributed by atoms with E-state index in [9.17, 15) is 9.59 Å². The second kappa shape index (κ2) is 22.7. The molecule has 0 spiro atoms. The van der Waals surface area contributed by atoms with E-state index in [2.05, 4.69) is 177 Å². The van der Waals surface area contributed by atoms with Crippen molar-refractivity contribution in [3.05, 3.63) is 0 Å². The Morgan fingerprint density at radius 2 is 0.814 bits per heavy atom. The minimum atomic E-state index is -0.443. The predicted molar refractivity (Wildman–Crippen MR) is 304 cm³/mol. The van der Waals surface area contributed by atoms with Gasteiger partial charge in [-0.1, -0.05) is 179 Å². The topological polar surface area (TPSA) is 83.1 Å². The van der Waals surface area contributed by atoms with Crippen LogP contribution in [0.25, 0.3) is 0 Å². The van der Waals surface area contributed by atoms with Gasteiger partial charge in [-0.25, -0.2) is 9.59 Å². The number of rotatable bonds is 0. The fourth-order valence-electron chi connectivity index (χ4n) is 14.7. The quantitative estimate of drug-likeness (QED) is 0.252. The lowest BCUT2D eigenvalue weighted by Gasteiger charge is -2.56. The Labute approximate surface area is 437 Å². The molecular weight excluding hydrogens is 865 g/mol. The Hall–Kier alpha value is -1.54. The molecule has 0 bridgehead atoms. The van der Waals surface area contributed by atoms with E-state index in [1.807, 2.05) is 51.3 Å². The number of carbonyl (C=O) groups is 2. The molecule has 0 atom stereocenters. The first-order valence-corrected chi connectivity index (χ1v) is 28.3. The maximum atomic E-state index is 12.7. The third kappa shape index (κ3) is 15.8. The summed E-state index contributed by atoms with van der Waals surface area (Å²) in [7, 11) is 0. The van der Waals surface area contributed by atoms with E-state index in [0.29, 0.717) is 32.6 Å². The van der Waals surface area contributed by atoms with Crippen molar-refractivity contribution >= 4 is 12.2 Å². The number of nitrogens with zero attached hydrogens (tertiary/aromatic N) is 2. The lowest BCUT2D eigenvalue weighted by molar-refractivity contribution is -0.0694. The molecule has 4 aliphatic heterocycles. The standard InChI is InChI=1S/C19H37NO2.C17H33NO2.C14H29N.C12H25N/c1-16(2,3)19(17(4,5)6)12-10-11-13-20(14-19)15(21)22-18(7,8)9;1-14(2,3)17(15(4,5)6)11-10-12-18(17)13(19)20-16(7,8)9;1-12(2,3)14(13(4,5)6)9-7-8-10-15-11-14;1-10(2,3)12(11(4,5)6)8-7-9-13-12/h10-14H2,1-9H3;10-12H2,1-9H3;15H,7-11H2,1-6H3;13H,7-9H2,1-6H3. The highest BCUT2D eigenvalue weighted by Crippen LogP contribution is 2.58. The highest BCUT2D eigenvalue weighted by atomic mass is 16.6. The van der Waals surface area contributed by atoms with Crippen LogP contribution in [-0.4, -0.2) is 83.5 Å². The van der Waals surface area contributed by atoms with Gasteiger partial charge in [-0.3, -0.25) is 0 Å².